The Hall–Kier alpha value is -0.780. The Kier molecular flexibility index (Phi) is 3.10. The average Bonchev–Trinajstić information content (AvgIpc) is 2.50. The molecule has 1 aliphatic rings. The predicted octanol–water partition coefficient (Wildman–Crippen LogP) is 4.92. The van der Waals surface area contributed by atoms with Crippen LogP contribution in [-0.4, -0.2) is 0 Å². The smallest absolute Gasteiger partial charge is 0.00669 e. The average molecular weight is 230 g/mol. The Morgan fingerprint density at radius 1 is 1.12 bits per heavy atom. The van der Waals surface area contributed by atoms with Crippen molar-refractivity contribution in [2.75, 3.05) is 0 Å². The molecule has 0 saturated carbocycles. The van der Waals surface area contributed by atoms with Crippen molar-refractivity contribution in [2.45, 2.75) is 59.3 Å². The van der Waals surface area contributed by atoms with Gasteiger partial charge in [0.2, 0.25) is 0 Å². The lowest BCUT2D eigenvalue weighted by molar-refractivity contribution is 0.265. The van der Waals surface area contributed by atoms with Crippen LogP contribution in [0.25, 0.3) is 0 Å². The summed E-state index contributed by atoms with van der Waals surface area (Å²) in [5.74, 6) is 2.19. The Bertz CT molecular complexity index is 410. The van der Waals surface area contributed by atoms with Crippen molar-refractivity contribution < 1.29 is 0 Å². The van der Waals surface area contributed by atoms with Crippen LogP contribution in [0, 0.1) is 11.8 Å². The molecular formula is C17H26. The molecule has 17 heavy (non-hydrogen) atoms. The highest BCUT2D eigenvalue weighted by Gasteiger charge is 2.40. The van der Waals surface area contributed by atoms with Gasteiger partial charge in [0, 0.05) is 0 Å². The molecular weight excluding hydrogens is 204 g/mol. The quantitative estimate of drug-likeness (QED) is 0.676. The molecule has 1 unspecified atom stereocenters. The van der Waals surface area contributed by atoms with E-state index in [1.54, 1.807) is 11.1 Å². The highest BCUT2D eigenvalue weighted by Crippen LogP contribution is 2.46. The molecule has 0 saturated heterocycles. The third-order valence-electron chi connectivity index (χ3n) is 4.67. The zero-order chi connectivity index (χ0) is 12.8. The van der Waals surface area contributed by atoms with Gasteiger partial charge in [-0.15, -0.1) is 0 Å². The summed E-state index contributed by atoms with van der Waals surface area (Å²) in [5, 5.41) is 0. The van der Waals surface area contributed by atoms with E-state index in [2.05, 4.69) is 59.7 Å². The second-order valence-electron chi connectivity index (χ2n) is 6.85. The Labute approximate surface area is 106 Å². The normalized spacial score (nSPS) is 22.2. The SMILES string of the molecule is CC(C)c1ccc2c(c1)C(C)(C)C(C(C)C)C2. The number of rotatable bonds is 2. The zero-order valence-corrected chi connectivity index (χ0v) is 12.2. The fraction of sp³-hybridized carbons (Fsp3) is 0.647. The lowest BCUT2D eigenvalue weighted by Gasteiger charge is -2.31. The van der Waals surface area contributed by atoms with Crippen molar-refractivity contribution >= 4 is 0 Å². The van der Waals surface area contributed by atoms with Gasteiger partial charge in [-0.1, -0.05) is 59.7 Å². The first-order valence-corrected chi connectivity index (χ1v) is 6.97. The van der Waals surface area contributed by atoms with Gasteiger partial charge >= 0.3 is 0 Å². The minimum Gasteiger partial charge on any atom is -0.0625 e. The van der Waals surface area contributed by atoms with E-state index in [1.807, 2.05) is 0 Å². The molecule has 1 aromatic carbocycles. The molecule has 0 heteroatoms. The maximum Gasteiger partial charge on any atom is -0.00669 e. The minimum absolute atomic E-state index is 0.342. The van der Waals surface area contributed by atoms with Gasteiger partial charge in [0.15, 0.2) is 0 Å². The second kappa shape index (κ2) is 4.15. The second-order valence-corrected chi connectivity index (χ2v) is 6.85. The van der Waals surface area contributed by atoms with E-state index in [9.17, 15) is 0 Å². The third-order valence-corrected chi connectivity index (χ3v) is 4.67. The van der Waals surface area contributed by atoms with Crippen LogP contribution in [0.4, 0.5) is 0 Å². The molecule has 0 heterocycles. The van der Waals surface area contributed by atoms with E-state index < -0.39 is 0 Å². The molecule has 1 atom stereocenters. The molecule has 0 N–H and O–H groups in total. The lowest BCUT2D eigenvalue weighted by Crippen LogP contribution is -2.28. The third kappa shape index (κ3) is 2.03. The van der Waals surface area contributed by atoms with Crippen LogP contribution in [0.15, 0.2) is 18.2 Å². The van der Waals surface area contributed by atoms with Gasteiger partial charge in [-0.25, -0.2) is 0 Å². The van der Waals surface area contributed by atoms with Crippen LogP contribution in [0.3, 0.4) is 0 Å². The first-order chi connectivity index (χ1) is 7.84. The maximum atomic E-state index is 2.46. The molecule has 94 valence electrons. The highest BCUT2D eigenvalue weighted by molar-refractivity contribution is 5.43. The van der Waals surface area contributed by atoms with Crippen molar-refractivity contribution in [1.82, 2.24) is 0 Å². The van der Waals surface area contributed by atoms with Crippen LogP contribution in [0.2, 0.25) is 0 Å². The minimum atomic E-state index is 0.342. The summed E-state index contributed by atoms with van der Waals surface area (Å²) in [7, 11) is 0. The molecule has 0 bridgehead atoms. The van der Waals surface area contributed by atoms with Gasteiger partial charge in [-0.05, 0) is 46.3 Å². The van der Waals surface area contributed by atoms with Gasteiger partial charge in [-0.3, -0.25) is 0 Å². The number of fused-ring (bicyclic) bond motifs is 1. The maximum absolute atomic E-state index is 2.46. The number of benzene rings is 1. The summed E-state index contributed by atoms with van der Waals surface area (Å²) in [5.41, 5.74) is 5.01. The zero-order valence-electron chi connectivity index (χ0n) is 12.2. The van der Waals surface area contributed by atoms with Crippen molar-refractivity contribution in [3.05, 3.63) is 34.9 Å². The molecule has 0 fully saturated rings. The molecule has 0 aliphatic heterocycles. The molecule has 0 amide bonds. The van der Waals surface area contributed by atoms with Crippen LogP contribution in [-0.2, 0) is 11.8 Å². The van der Waals surface area contributed by atoms with E-state index in [0.29, 0.717) is 11.3 Å². The number of hydrogen-bond donors (Lipinski definition) is 0. The van der Waals surface area contributed by atoms with E-state index >= 15 is 0 Å². The predicted molar refractivity (Wildman–Crippen MR) is 75.6 cm³/mol. The van der Waals surface area contributed by atoms with Crippen molar-refractivity contribution in [3.63, 3.8) is 0 Å². The molecule has 2 rings (SSSR count). The molecule has 0 radical (unpaired) electrons. The van der Waals surface area contributed by atoms with Gasteiger partial charge in [0.05, 0.1) is 0 Å². The summed E-state index contributed by atoms with van der Waals surface area (Å²) < 4.78 is 0. The van der Waals surface area contributed by atoms with Crippen LogP contribution in [0.1, 0.15) is 64.2 Å². The monoisotopic (exact) mass is 230 g/mol. The van der Waals surface area contributed by atoms with Crippen LogP contribution >= 0.6 is 0 Å². The molecule has 1 aliphatic carbocycles. The lowest BCUT2D eigenvalue weighted by atomic mass is 9.73. The Morgan fingerprint density at radius 2 is 1.76 bits per heavy atom. The number of hydrogen-bond acceptors (Lipinski definition) is 0. The summed E-state index contributed by atoms with van der Waals surface area (Å²) in [4.78, 5) is 0. The van der Waals surface area contributed by atoms with E-state index in [1.165, 1.54) is 12.0 Å². The van der Waals surface area contributed by atoms with E-state index in [4.69, 9.17) is 0 Å². The topological polar surface area (TPSA) is 0 Å². The molecule has 1 aromatic rings. The molecule has 0 aromatic heterocycles. The molecule has 0 spiro atoms. The van der Waals surface area contributed by atoms with Crippen molar-refractivity contribution in [1.29, 1.82) is 0 Å². The van der Waals surface area contributed by atoms with Crippen LogP contribution in [0.5, 0.6) is 0 Å². The van der Waals surface area contributed by atoms with Crippen molar-refractivity contribution in [3.8, 4) is 0 Å². The van der Waals surface area contributed by atoms with Crippen molar-refractivity contribution in [2.24, 2.45) is 11.8 Å². The first kappa shape index (κ1) is 12.7. The van der Waals surface area contributed by atoms with E-state index in [-0.39, 0.29) is 0 Å². The first-order valence-electron chi connectivity index (χ1n) is 6.97. The Balaban J connectivity index is 2.45. The van der Waals surface area contributed by atoms with Gasteiger partial charge in [0.25, 0.3) is 0 Å². The van der Waals surface area contributed by atoms with Gasteiger partial charge in [0.1, 0.15) is 0 Å². The fourth-order valence-corrected chi connectivity index (χ4v) is 3.49. The summed E-state index contributed by atoms with van der Waals surface area (Å²) in [6.45, 7) is 14.1. The van der Waals surface area contributed by atoms with E-state index in [0.717, 1.165) is 11.8 Å². The standard InChI is InChI=1S/C17H26/c1-11(2)13-7-8-14-10-15(12(3)4)17(5,6)16(14)9-13/h7-9,11-12,15H,10H2,1-6H3. The van der Waals surface area contributed by atoms with Gasteiger partial charge < -0.3 is 0 Å². The Morgan fingerprint density at radius 3 is 2.29 bits per heavy atom. The largest absolute Gasteiger partial charge is 0.0625 e. The highest BCUT2D eigenvalue weighted by atomic mass is 14.4. The van der Waals surface area contributed by atoms with Gasteiger partial charge in [-0.2, -0.15) is 0 Å². The summed E-state index contributed by atoms with van der Waals surface area (Å²) >= 11 is 0. The molecule has 0 nitrogen and oxygen atoms in total. The van der Waals surface area contributed by atoms with Crippen LogP contribution < -0.4 is 0 Å². The summed E-state index contributed by atoms with van der Waals surface area (Å²) in [6.07, 6.45) is 1.26. The fourth-order valence-electron chi connectivity index (χ4n) is 3.49. The summed E-state index contributed by atoms with van der Waals surface area (Å²) in [6, 6.07) is 7.15.